The van der Waals surface area contributed by atoms with Gasteiger partial charge in [-0.05, 0) is 24.7 Å². The molecule has 2 saturated heterocycles. The number of aromatic nitrogens is 2. The maximum absolute atomic E-state index is 12.4. The van der Waals surface area contributed by atoms with Crippen molar-refractivity contribution in [3.05, 3.63) is 18.1 Å². The molecule has 4 rings (SSSR count). The standard InChI is InChI=1S/C13H17F3N4/c1-7-8-2-9(3-8)20-10(7)4-18-12-6-17-11(5-19-12)13(14,15)16/h5-10,20H,2-4H2,1H3,(H,18,19). The van der Waals surface area contributed by atoms with Gasteiger partial charge in [-0.25, -0.2) is 9.97 Å². The van der Waals surface area contributed by atoms with Crippen molar-refractivity contribution in [3.8, 4) is 0 Å². The van der Waals surface area contributed by atoms with Crippen LogP contribution in [0.4, 0.5) is 19.0 Å². The highest BCUT2D eigenvalue weighted by Gasteiger charge is 2.42. The highest BCUT2D eigenvalue weighted by molar-refractivity contribution is 5.31. The number of nitrogens with one attached hydrogen (secondary N) is 2. The van der Waals surface area contributed by atoms with E-state index in [1.54, 1.807) is 0 Å². The monoisotopic (exact) mass is 286 g/mol. The lowest BCUT2D eigenvalue weighted by atomic mass is 9.66. The van der Waals surface area contributed by atoms with Gasteiger partial charge < -0.3 is 10.6 Å². The smallest absolute Gasteiger partial charge is 0.367 e. The lowest BCUT2D eigenvalue weighted by Gasteiger charge is -2.51. The summed E-state index contributed by atoms with van der Waals surface area (Å²) < 4.78 is 37.1. The van der Waals surface area contributed by atoms with E-state index < -0.39 is 11.9 Å². The second-order valence-corrected chi connectivity index (χ2v) is 5.73. The number of fused-ring (bicyclic) bond motifs is 2. The molecule has 2 aliphatic heterocycles. The van der Waals surface area contributed by atoms with Gasteiger partial charge in [0.05, 0.1) is 12.4 Å². The zero-order valence-electron chi connectivity index (χ0n) is 11.1. The largest absolute Gasteiger partial charge is 0.434 e. The van der Waals surface area contributed by atoms with Crippen molar-refractivity contribution in [2.45, 2.75) is 38.0 Å². The molecule has 3 heterocycles. The van der Waals surface area contributed by atoms with Crippen LogP contribution in [0, 0.1) is 11.8 Å². The number of anilines is 1. The lowest BCUT2D eigenvalue weighted by Crippen LogP contribution is -2.60. The SMILES string of the molecule is CC1C2CC(C2)NC1CNc1cnc(C(F)(F)F)cn1. The molecule has 20 heavy (non-hydrogen) atoms. The van der Waals surface area contributed by atoms with E-state index in [-0.39, 0.29) is 0 Å². The zero-order chi connectivity index (χ0) is 14.3. The van der Waals surface area contributed by atoms with Gasteiger partial charge in [0.15, 0.2) is 5.69 Å². The van der Waals surface area contributed by atoms with E-state index in [1.807, 2.05) is 0 Å². The number of halogens is 3. The van der Waals surface area contributed by atoms with Crippen molar-refractivity contribution in [2.24, 2.45) is 11.8 Å². The summed E-state index contributed by atoms with van der Waals surface area (Å²) >= 11 is 0. The van der Waals surface area contributed by atoms with Crippen LogP contribution >= 0.6 is 0 Å². The summed E-state index contributed by atoms with van der Waals surface area (Å²) in [7, 11) is 0. The van der Waals surface area contributed by atoms with Gasteiger partial charge in [-0.15, -0.1) is 0 Å². The third-order valence-electron chi connectivity index (χ3n) is 4.45. The first-order chi connectivity index (χ1) is 9.43. The third kappa shape index (κ3) is 2.59. The Labute approximate surface area is 115 Å². The average Bonchev–Trinajstić information content (AvgIpc) is 2.35. The summed E-state index contributed by atoms with van der Waals surface area (Å²) in [6, 6.07) is 0.957. The molecular weight excluding hydrogens is 269 g/mol. The van der Waals surface area contributed by atoms with Crippen molar-refractivity contribution in [1.29, 1.82) is 0 Å². The van der Waals surface area contributed by atoms with Crippen LogP contribution in [0.15, 0.2) is 12.4 Å². The molecule has 2 atom stereocenters. The number of rotatable bonds is 3. The third-order valence-corrected chi connectivity index (χ3v) is 4.45. The summed E-state index contributed by atoms with van der Waals surface area (Å²) in [6.07, 6.45) is -0.0453. The molecule has 4 nitrogen and oxygen atoms in total. The highest BCUT2D eigenvalue weighted by Crippen LogP contribution is 2.40. The van der Waals surface area contributed by atoms with Crippen LogP contribution in [0.3, 0.4) is 0 Å². The summed E-state index contributed by atoms with van der Waals surface area (Å²) in [5.74, 6) is 1.74. The Morgan fingerprint density at radius 3 is 2.60 bits per heavy atom. The Morgan fingerprint density at radius 1 is 1.30 bits per heavy atom. The van der Waals surface area contributed by atoms with Crippen LogP contribution in [0.2, 0.25) is 0 Å². The van der Waals surface area contributed by atoms with Gasteiger partial charge in [0, 0.05) is 18.6 Å². The van der Waals surface area contributed by atoms with Crippen LogP contribution in [-0.2, 0) is 6.18 Å². The first-order valence-electron chi connectivity index (χ1n) is 6.82. The summed E-state index contributed by atoms with van der Waals surface area (Å²) in [5, 5.41) is 6.61. The van der Waals surface area contributed by atoms with Gasteiger partial charge in [-0.1, -0.05) is 6.92 Å². The van der Waals surface area contributed by atoms with E-state index in [9.17, 15) is 13.2 Å². The molecule has 0 spiro atoms. The molecule has 7 heteroatoms. The van der Waals surface area contributed by atoms with Crippen LogP contribution in [0.5, 0.6) is 0 Å². The second kappa shape index (κ2) is 4.87. The average molecular weight is 286 g/mol. The van der Waals surface area contributed by atoms with Gasteiger partial charge in [0.2, 0.25) is 0 Å². The molecule has 2 bridgehead atoms. The molecule has 1 aromatic heterocycles. The minimum Gasteiger partial charge on any atom is -0.367 e. The number of hydrogen-bond donors (Lipinski definition) is 2. The van der Waals surface area contributed by atoms with Crippen molar-refractivity contribution in [2.75, 3.05) is 11.9 Å². The fourth-order valence-corrected chi connectivity index (χ4v) is 3.04. The second-order valence-electron chi connectivity index (χ2n) is 5.73. The first kappa shape index (κ1) is 13.6. The van der Waals surface area contributed by atoms with Gasteiger partial charge in [0.25, 0.3) is 0 Å². The molecule has 0 radical (unpaired) electrons. The molecule has 2 unspecified atom stereocenters. The molecule has 110 valence electrons. The molecule has 3 fully saturated rings. The fourth-order valence-electron chi connectivity index (χ4n) is 3.04. The number of alkyl halides is 3. The first-order valence-corrected chi connectivity index (χ1v) is 6.82. The number of nitrogens with zero attached hydrogens (tertiary/aromatic N) is 2. The van der Waals surface area contributed by atoms with Crippen molar-refractivity contribution in [1.82, 2.24) is 15.3 Å². The van der Waals surface area contributed by atoms with E-state index >= 15 is 0 Å². The van der Waals surface area contributed by atoms with Crippen molar-refractivity contribution >= 4 is 5.82 Å². The van der Waals surface area contributed by atoms with E-state index in [2.05, 4.69) is 27.5 Å². The predicted octanol–water partition coefficient (Wildman–Crippen LogP) is 2.29. The molecule has 0 amide bonds. The maximum Gasteiger partial charge on any atom is 0.434 e. The Bertz CT molecular complexity index is 467. The van der Waals surface area contributed by atoms with Crippen LogP contribution in [0.1, 0.15) is 25.5 Å². The normalized spacial score (nSPS) is 32.6. The highest BCUT2D eigenvalue weighted by atomic mass is 19.4. The number of piperidine rings is 2. The molecular formula is C13H17F3N4. The van der Waals surface area contributed by atoms with E-state index in [0.29, 0.717) is 30.4 Å². The molecule has 1 aliphatic carbocycles. The van der Waals surface area contributed by atoms with E-state index in [0.717, 1.165) is 18.3 Å². The van der Waals surface area contributed by atoms with E-state index in [4.69, 9.17) is 0 Å². The Hall–Kier alpha value is -1.37. The quantitative estimate of drug-likeness (QED) is 0.895. The molecule has 2 N–H and O–H groups in total. The number of hydrogen-bond acceptors (Lipinski definition) is 4. The molecule has 0 aromatic carbocycles. The van der Waals surface area contributed by atoms with Gasteiger partial charge >= 0.3 is 6.18 Å². The molecule has 1 saturated carbocycles. The topological polar surface area (TPSA) is 49.8 Å². The van der Waals surface area contributed by atoms with Crippen LogP contribution in [0.25, 0.3) is 0 Å². The minimum absolute atomic E-state index is 0.344. The Kier molecular flexibility index (Phi) is 3.32. The van der Waals surface area contributed by atoms with Crippen LogP contribution in [-0.4, -0.2) is 28.6 Å². The van der Waals surface area contributed by atoms with E-state index in [1.165, 1.54) is 12.8 Å². The Morgan fingerprint density at radius 2 is 2.05 bits per heavy atom. The molecule has 3 aliphatic rings. The fraction of sp³-hybridized carbons (Fsp3) is 0.692. The van der Waals surface area contributed by atoms with Gasteiger partial charge in [-0.2, -0.15) is 13.2 Å². The summed E-state index contributed by atoms with van der Waals surface area (Å²) in [5.41, 5.74) is -0.964. The minimum atomic E-state index is -4.44. The van der Waals surface area contributed by atoms with Crippen LogP contribution < -0.4 is 10.6 Å². The summed E-state index contributed by atoms with van der Waals surface area (Å²) in [6.45, 7) is 2.88. The van der Waals surface area contributed by atoms with Gasteiger partial charge in [-0.3, -0.25) is 0 Å². The summed E-state index contributed by atoms with van der Waals surface area (Å²) in [4.78, 5) is 7.15. The molecule has 1 aromatic rings. The van der Waals surface area contributed by atoms with Crippen molar-refractivity contribution in [3.63, 3.8) is 0 Å². The maximum atomic E-state index is 12.4. The van der Waals surface area contributed by atoms with Gasteiger partial charge in [0.1, 0.15) is 5.82 Å². The zero-order valence-corrected chi connectivity index (χ0v) is 11.1. The Balaban J connectivity index is 1.56. The van der Waals surface area contributed by atoms with Crippen molar-refractivity contribution < 1.29 is 13.2 Å². The predicted molar refractivity (Wildman–Crippen MR) is 68.1 cm³/mol. The lowest BCUT2D eigenvalue weighted by molar-refractivity contribution is -0.141.